The highest BCUT2D eigenvalue weighted by atomic mass is 31.2. The summed E-state index contributed by atoms with van der Waals surface area (Å²) in [6, 6.07) is 0. The summed E-state index contributed by atoms with van der Waals surface area (Å²) in [6.07, 6.45) is 117. The largest absolute Gasteiger partial charge is 0.472 e. The third-order valence-electron chi connectivity index (χ3n) is 13.2. The molecule has 9 nitrogen and oxygen atoms in total. The smallest absolute Gasteiger partial charge is 0.462 e. The van der Waals surface area contributed by atoms with Gasteiger partial charge in [-0.15, -0.1) is 0 Å². The first kappa shape index (κ1) is 84.8. The van der Waals surface area contributed by atoms with Gasteiger partial charge >= 0.3 is 19.8 Å². The predicted octanol–water partition coefficient (Wildman–Crippen LogP) is 23.2. The number of phosphoric acid groups is 1. The van der Waals surface area contributed by atoms with Gasteiger partial charge in [-0.3, -0.25) is 18.6 Å². The van der Waals surface area contributed by atoms with E-state index in [0.29, 0.717) is 12.8 Å². The van der Waals surface area contributed by atoms with Crippen molar-refractivity contribution in [1.29, 1.82) is 0 Å². The molecule has 10 heteroatoms. The molecule has 0 amide bonds. The van der Waals surface area contributed by atoms with Gasteiger partial charge in [0.25, 0.3) is 0 Å². The highest BCUT2D eigenvalue weighted by Gasteiger charge is 2.26. The monoisotopic (exact) mass is 1270 g/mol. The van der Waals surface area contributed by atoms with Crippen molar-refractivity contribution in [3.63, 3.8) is 0 Å². The fourth-order valence-corrected chi connectivity index (χ4v) is 8.98. The van der Waals surface area contributed by atoms with Crippen LogP contribution in [0.4, 0.5) is 0 Å². The topological polar surface area (TPSA) is 134 Å². The van der Waals surface area contributed by atoms with E-state index in [1.54, 1.807) is 0 Å². The quantitative estimate of drug-likeness (QED) is 0.0264. The average molecular weight is 1270 g/mol. The lowest BCUT2D eigenvalue weighted by molar-refractivity contribution is -0.161. The van der Waals surface area contributed by atoms with Crippen molar-refractivity contribution in [2.75, 3.05) is 26.4 Å². The van der Waals surface area contributed by atoms with Crippen LogP contribution in [0.25, 0.3) is 0 Å². The number of unbranched alkanes of at least 4 members (excludes halogenated alkanes) is 8. The molecule has 0 saturated carbocycles. The summed E-state index contributed by atoms with van der Waals surface area (Å²) in [5.74, 6) is -0.918. The Morgan fingerprint density at radius 2 is 0.571 bits per heavy atom. The normalized spacial score (nSPS) is 14.5. The van der Waals surface area contributed by atoms with E-state index in [2.05, 4.69) is 257 Å². The first-order valence-electron chi connectivity index (χ1n) is 34.5. The standard InChI is InChI=1S/C81H122NO8P/c1-3-5-7-9-11-13-15-17-19-21-23-25-27-29-31-33-35-37-38-39-40-42-44-46-48-50-52-54-56-58-60-62-64-66-68-70-72-74-81(84)90-79(78-89-91(85,86)88-76-75-82)77-87-80(83)73-71-69-67-65-63-61-59-57-55-53-51-49-47-45-43-41-36-34-32-30-28-26-24-22-20-18-16-14-12-10-8-6-4-2/h5-8,11-14,17-20,23-26,29-32,35-37,39-41,44-47,50-53,56-59,63,65,79H,3-4,9-10,15-16,21-22,27-28,33-34,38,42-43,48-49,54-55,60-62,64,66-78,82H2,1-2H3,(H,85,86)/b7-5-,8-6-,13-11-,14-12-,19-17-,20-18-,25-23-,26-24-,31-29-,32-30-,37-35-,40-39-,41-36-,46-44-,47-45-,52-50-,53-51-,58-56-,59-57-,65-63-. The van der Waals surface area contributed by atoms with Gasteiger partial charge in [0.1, 0.15) is 6.61 Å². The highest BCUT2D eigenvalue weighted by molar-refractivity contribution is 7.47. The number of esters is 2. The molecule has 0 saturated heterocycles. The summed E-state index contributed by atoms with van der Waals surface area (Å²) >= 11 is 0. The van der Waals surface area contributed by atoms with E-state index in [4.69, 9.17) is 24.3 Å². The Balaban J connectivity index is 4.13. The Morgan fingerprint density at radius 3 is 0.868 bits per heavy atom. The van der Waals surface area contributed by atoms with Crippen LogP contribution < -0.4 is 5.73 Å². The van der Waals surface area contributed by atoms with Crippen LogP contribution in [0.5, 0.6) is 0 Å². The third-order valence-corrected chi connectivity index (χ3v) is 14.2. The lowest BCUT2D eigenvalue weighted by Gasteiger charge is -2.19. The maximum atomic E-state index is 12.8. The van der Waals surface area contributed by atoms with Crippen LogP contribution in [-0.4, -0.2) is 49.3 Å². The van der Waals surface area contributed by atoms with Crippen molar-refractivity contribution in [1.82, 2.24) is 0 Å². The highest BCUT2D eigenvalue weighted by Crippen LogP contribution is 2.43. The molecule has 504 valence electrons. The zero-order valence-corrected chi connectivity index (χ0v) is 57.4. The van der Waals surface area contributed by atoms with E-state index in [9.17, 15) is 19.0 Å². The Hall–Kier alpha value is -6.19. The van der Waals surface area contributed by atoms with Gasteiger partial charge in [0.2, 0.25) is 0 Å². The average Bonchev–Trinajstić information content (AvgIpc) is 3.74. The van der Waals surface area contributed by atoms with Crippen molar-refractivity contribution in [2.24, 2.45) is 5.73 Å². The van der Waals surface area contributed by atoms with Crippen molar-refractivity contribution >= 4 is 19.8 Å². The molecule has 0 fully saturated rings. The van der Waals surface area contributed by atoms with Crippen molar-refractivity contribution < 1.29 is 37.6 Å². The molecule has 0 heterocycles. The minimum absolute atomic E-state index is 0.0303. The van der Waals surface area contributed by atoms with E-state index in [0.717, 1.165) is 180 Å². The van der Waals surface area contributed by atoms with Crippen LogP contribution >= 0.6 is 7.82 Å². The molecule has 0 spiro atoms. The molecule has 0 aliphatic heterocycles. The molecule has 0 bridgehead atoms. The van der Waals surface area contributed by atoms with E-state index in [1.807, 2.05) is 0 Å². The Bertz CT molecular complexity index is 2390. The lowest BCUT2D eigenvalue weighted by atomic mass is 10.1. The summed E-state index contributed by atoms with van der Waals surface area (Å²) in [5, 5.41) is 0. The molecule has 3 N–H and O–H groups in total. The number of phosphoric ester groups is 1. The first-order valence-corrected chi connectivity index (χ1v) is 36.0. The van der Waals surface area contributed by atoms with Crippen molar-refractivity contribution in [3.05, 3.63) is 243 Å². The maximum absolute atomic E-state index is 12.8. The second-order valence-corrected chi connectivity index (χ2v) is 23.0. The summed E-state index contributed by atoms with van der Waals surface area (Å²) in [4.78, 5) is 35.3. The van der Waals surface area contributed by atoms with E-state index in [-0.39, 0.29) is 32.6 Å². The first-order chi connectivity index (χ1) is 44.8. The molecular weight excluding hydrogens is 1150 g/mol. The van der Waals surface area contributed by atoms with E-state index < -0.39 is 32.5 Å². The number of carbonyl (C=O) groups excluding carboxylic acids is 2. The summed E-state index contributed by atoms with van der Waals surface area (Å²) < 4.78 is 33.1. The molecule has 0 rings (SSSR count). The fourth-order valence-electron chi connectivity index (χ4n) is 8.22. The van der Waals surface area contributed by atoms with Gasteiger partial charge in [0, 0.05) is 19.4 Å². The third kappa shape index (κ3) is 72.7. The van der Waals surface area contributed by atoms with E-state index in [1.165, 1.54) is 0 Å². The van der Waals surface area contributed by atoms with Crippen LogP contribution in [0.2, 0.25) is 0 Å². The Kier molecular flexibility index (Phi) is 67.9. The molecular formula is C81H122NO8P. The SMILES string of the molecule is CC/C=C\C/C=C\C/C=C\C/C=C\C/C=C\C/C=C\C/C=C\C/C=C\C/C=C\C/C=C\CCCCCCCCC(=O)OC(COC(=O)CCCC/C=C\C/C=C\C/C=C\C/C=C\C/C=C\C/C=C\C/C=C\C/C=C\C/C=C\C/C=C\CC)COP(=O)(O)OCCN. The number of carbonyl (C=O) groups is 2. The summed E-state index contributed by atoms with van der Waals surface area (Å²) in [7, 11) is -4.43. The molecule has 0 aromatic heterocycles. The number of nitrogens with two attached hydrogens (primary N) is 1. The molecule has 0 aromatic rings. The van der Waals surface area contributed by atoms with Crippen molar-refractivity contribution in [3.8, 4) is 0 Å². The molecule has 2 atom stereocenters. The predicted molar refractivity (Wildman–Crippen MR) is 394 cm³/mol. The molecule has 2 unspecified atom stereocenters. The minimum atomic E-state index is -4.43. The molecule has 0 aliphatic carbocycles. The Labute approximate surface area is 555 Å². The molecule has 0 aliphatic rings. The van der Waals surface area contributed by atoms with Crippen LogP contribution in [0.15, 0.2) is 243 Å². The maximum Gasteiger partial charge on any atom is 0.472 e. The van der Waals surface area contributed by atoms with Gasteiger partial charge in [0.05, 0.1) is 13.2 Å². The van der Waals surface area contributed by atoms with Crippen LogP contribution in [0.3, 0.4) is 0 Å². The summed E-state index contributed by atoms with van der Waals surface area (Å²) in [5.41, 5.74) is 5.39. The van der Waals surface area contributed by atoms with Gasteiger partial charge in [0.15, 0.2) is 6.10 Å². The zero-order chi connectivity index (χ0) is 65.8. The minimum Gasteiger partial charge on any atom is -0.462 e. The Morgan fingerprint density at radius 1 is 0.330 bits per heavy atom. The van der Waals surface area contributed by atoms with Crippen molar-refractivity contribution in [2.45, 2.75) is 225 Å². The van der Waals surface area contributed by atoms with E-state index >= 15 is 0 Å². The number of allylic oxidation sites excluding steroid dienone is 40. The molecule has 0 aromatic carbocycles. The van der Waals surface area contributed by atoms with Gasteiger partial charge in [-0.1, -0.05) is 283 Å². The van der Waals surface area contributed by atoms with Crippen LogP contribution in [0, 0.1) is 0 Å². The summed E-state index contributed by atoms with van der Waals surface area (Å²) in [6.45, 7) is 3.41. The second-order valence-electron chi connectivity index (χ2n) is 21.6. The second kappa shape index (κ2) is 72.9. The number of rotatable bonds is 61. The van der Waals surface area contributed by atoms with Gasteiger partial charge < -0.3 is 20.1 Å². The van der Waals surface area contributed by atoms with Gasteiger partial charge in [-0.05, 0) is 167 Å². The van der Waals surface area contributed by atoms with Gasteiger partial charge in [-0.2, -0.15) is 0 Å². The molecule has 0 radical (unpaired) electrons. The number of hydrogen-bond acceptors (Lipinski definition) is 8. The lowest BCUT2D eigenvalue weighted by Crippen LogP contribution is -2.29. The number of hydrogen-bond donors (Lipinski definition) is 2. The van der Waals surface area contributed by atoms with Crippen LogP contribution in [-0.2, 0) is 32.7 Å². The fraction of sp³-hybridized carbons (Fsp3) is 0.481. The van der Waals surface area contributed by atoms with Crippen LogP contribution in [0.1, 0.15) is 219 Å². The molecule has 91 heavy (non-hydrogen) atoms. The number of ether oxygens (including phenoxy) is 2. The van der Waals surface area contributed by atoms with Gasteiger partial charge in [-0.25, -0.2) is 4.57 Å². The zero-order valence-electron chi connectivity index (χ0n) is 56.5.